The fraction of sp³-hybridized carbons (Fsp3) is 0.154. The third-order valence-electron chi connectivity index (χ3n) is 4.39. The monoisotopic (exact) mass is 433 g/mol. The highest BCUT2D eigenvalue weighted by Gasteiger charge is 2.36. The first-order valence-corrected chi connectivity index (χ1v) is 11.0. The Balaban J connectivity index is 0.000000501. The lowest BCUT2D eigenvalue weighted by Crippen LogP contribution is -2.22. The molecule has 1 radical (unpaired) electrons. The highest BCUT2D eigenvalue weighted by molar-refractivity contribution is 7.69. The van der Waals surface area contributed by atoms with Crippen LogP contribution in [-0.2, 0) is 9.32 Å². The average Bonchev–Trinajstić information content (AvgIpc) is 2.73. The van der Waals surface area contributed by atoms with Gasteiger partial charge in [-0.2, -0.15) is 0 Å². The molecule has 0 aliphatic carbocycles. The summed E-state index contributed by atoms with van der Waals surface area (Å²) >= 11 is 0. The number of aryl methyl sites for hydroxylation is 3. The second-order valence-electron chi connectivity index (χ2n) is 7.19. The van der Waals surface area contributed by atoms with Gasteiger partial charge in [-0.15, -0.1) is 0 Å². The first-order valence-electron chi connectivity index (χ1n) is 9.78. The zero-order valence-corrected chi connectivity index (χ0v) is 19.1. The second kappa shape index (κ2) is 11.2. The number of carboxylic acid groups (broad SMARTS) is 1. The molecule has 31 heavy (non-hydrogen) atoms. The molecule has 0 spiro atoms. The summed E-state index contributed by atoms with van der Waals surface area (Å²) in [7, 11) is -1.20. The van der Waals surface area contributed by atoms with E-state index in [2.05, 4.69) is 6.58 Å². The first kappa shape index (κ1) is 24.0. The molecule has 0 heterocycles. The van der Waals surface area contributed by atoms with Crippen LogP contribution >= 0.6 is 8.15 Å². The van der Waals surface area contributed by atoms with Crippen LogP contribution in [0.3, 0.4) is 0 Å². The molecule has 0 aliphatic rings. The number of hydrogen-bond acceptors (Lipinski definition) is 4. The van der Waals surface area contributed by atoms with Gasteiger partial charge >= 0.3 is 14.1 Å². The minimum Gasteiger partial charge on any atom is -0.545 e. The smallest absolute Gasteiger partial charge is 0.424 e. The van der Waals surface area contributed by atoms with E-state index in [-0.39, 0.29) is 11.5 Å². The molecule has 5 heteroatoms. The molecule has 0 aliphatic heterocycles. The number of hydrogen-bond donors (Lipinski definition) is 0. The molecule has 3 aromatic carbocycles. The topological polar surface area (TPSA) is 66.4 Å². The van der Waals surface area contributed by atoms with E-state index >= 15 is 0 Å². The van der Waals surface area contributed by atoms with Crippen molar-refractivity contribution in [2.45, 2.75) is 27.7 Å². The van der Waals surface area contributed by atoms with Gasteiger partial charge in [0.1, 0.15) is 0 Å². The Hall–Kier alpha value is -3.23. The molecule has 0 amide bonds. The van der Waals surface area contributed by atoms with Gasteiger partial charge < -0.3 is 9.90 Å². The molecule has 0 bridgehead atoms. The molecule has 0 N–H and O–H groups in total. The summed E-state index contributed by atoms with van der Waals surface area (Å²) in [5.74, 6) is -1.44. The van der Waals surface area contributed by atoms with Gasteiger partial charge in [0.2, 0.25) is 0 Å². The summed E-state index contributed by atoms with van der Waals surface area (Å²) in [5, 5.41) is 11.5. The zero-order valence-electron chi connectivity index (χ0n) is 18.2. The standard InChI is InChI=1S/C22H21O2P.C4H6O2/c1-16-14-17(2)21(18(3)15-16)22(23)24-25(19-10-6-4-7-11-19)20-12-8-5-9-13-20;1-3(2)4(5)6/h4-15H,1-3H3;1H2,2H3,(H,5,6)/q+1;/p-1. The van der Waals surface area contributed by atoms with E-state index < -0.39 is 14.1 Å². The Kier molecular flexibility index (Phi) is 8.72. The molecule has 0 saturated heterocycles. The lowest BCUT2D eigenvalue weighted by Gasteiger charge is -2.10. The summed E-state index contributed by atoms with van der Waals surface area (Å²) in [6, 6.07) is 24.0. The van der Waals surface area contributed by atoms with Crippen LogP contribution in [0.1, 0.15) is 34.0 Å². The van der Waals surface area contributed by atoms with E-state index in [4.69, 9.17) is 4.52 Å². The van der Waals surface area contributed by atoms with Crippen LogP contribution in [0.25, 0.3) is 0 Å². The molecular weight excluding hydrogens is 407 g/mol. The van der Waals surface area contributed by atoms with E-state index in [0.29, 0.717) is 5.56 Å². The summed E-state index contributed by atoms with van der Waals surface area (Å²) in [4.78, 5) is 22.4. The van der Waals surface area contributed by atoms with Crippen molar-refractivity contribution >= 4 is 30.7 Å². The van der Waals surface area contributed by atoms with Gasteiger partial charge in [-0.3, -0.25) is 4.52 Å². The third-order valence-corrected chi connectivity index (χ3v) is 6.27. The number of rotatable bonds is 5. The Bertz CT molecular complexity index is 985. The maximum absolute atomic E-state index is 12.9. The molecule has 3 rings (SSSR count). The van der Waals surface area contributed by atoms with Crippen LogP contribution < -0.4 is 15.7 Å². The van der Waals surface area contributed by atoms with Crippen molar-refractivity contribution in [1.29, 1.82) is 0 Å². The molecule has 159 valence electrons. The van der Waals surface area contributed by atoms with Gasteiger partial charge in [0.15, 0.2) is 10.6 Å². The Morgan fingerprint density at radius 1 is 0.839 bits per heavy atom. The van der Waals surface area contributed by atoms with Gasteiger partial charge in [0.05, 0.1) is 11.5 Å². The van der Waals surface area contributed by atoms with Crippen molar-refractivity contribution < 1.29 is 19.2 Å². The van der Waals surface area contributed by atoms with Gasteiger partial charge in [-0.1, -0.05) is 60.7 Å². The SMILES string of the molecule is C=C(C)C(=O)[O-].Cc1cc(C)c(C(=O)O[P+](c2ccccc2)c2ccccc2)c(C)c1. The van der Waals surface area contributed by atoms with Gasteiger partial charge in [0.25, 0.3) is 0 Å². The fourth-order valence-electron chi connectivity index (χ4n) is 3.01. The van der Waals surface area contributed by atoms with Crippen molar-refractivity contribution in [3.63, 3.8) is 0 Å². The van der Waals surface area contributed by atoms with Crippen molar-refractivity contribution in [2.75, 3.05) is 0 Å². The lowest BCUT2D eigenvalue weighted by atomic mass is 10.0. The van der Waals surface area contributed by atoms with E-state index in [0.717, 1.165) is 27.3 Å². The number of carbonyl (C=O) groups excluding carboxylic acids is 2. The minimum atomic E-state index is -1.20. The van der Waals surface area contributed by atoms with Crippen LogP contribution in [-0.4, -0.2) is 11.9 Å². The molecular formula is C26H26O4P. The first-order chi connectivity index (χ1) is 14.7. The van der Waals surface area contributed by atoms with Crippen LogP contribution in [0.15, 0.2) is 84.9 Å². The van der Waals surface area contributed by atoms with Crippen molar-refractivity contribution in [3.05, 3.63) is 107 Å². The molecule has 0 unspecified atom stereocenters. The number of carboxylic acids is 1. The van der Waals surface area contributed by atoms with E-state index in [9.17, 15) is 14.7 Å². The summed E-state index contributed by atoms with van der Waals surface area (Å²) in [5.41, 5.74) is 3.80. The number of aliphatic carboxylic acids is 1. The lowest BCUT2D eigenvalue weighted by molar-refractivity contribution is -0.299. The highest BCUT2D eigenvalue weighted by atomic mass is 31.1. The average molecular weight is 433 g/mol. The maximum Gasteiger partial charge on any atom is 0.424 e. The predicted octanol–water partition coefficient (Wildman–Crippen LogP) is 4.13. The van der Waals surface area contributed by atoms with E-state index in [1.54, 1.807) is 0 Å². The van der Waals surface area contributed by atoms with Crippen LogP contribution in [0.4, 0.5) is 0 Å². The van der Waals surface area contributed by atoms with Gasteiger partial charge in [-0.25, -0.2) is 4.79 Å². The third kappa shape index (κ3) is 6.91. The highest BCUT2D eigenvalue weighted by Crippen LogP contribution is 2.36. The quantitative estimate of drug-likeness (QED) is 0.448. The Morgan fingerprint density at radius 2 is 1.23 bits per heavy atom. The normalized spacial score (nSPS) is 10.1. The molecule has 0 aromatic heterocycles. The van der Waals surface area contributed by atoms with Crippen molar-refractivity contribution in [1.82, 2.24) is 0 Å². The van der Waals surface area contributed by atoms with Crippen LogP contribution in [0, 0.1) is 20.8 Å². The summed E-state index contributed by atoms with van der Waals surface area (Å²) in [6.45, 7) is 10.4. The molecule has 0 fully saturated rings. The summed E-state index contributed by atoms with van der Waals surface area (Å²) < 4.78 is 6.04. The molecule has 0 saturated carbocycles. The number of benzene rings is 3. The van der Waals surface area contributed by atoms with Crippen LogP contribution in [0.5, 0.6) is 0 Å². The largest absolute Gasteiger partial charge is 0.545 e. The zero-order chi connectivity index (χ0) is 23.0. The van der Waals surface area contributed by atoms with Crippen molar-refractivity contribution in [2.24, 2.45) is 0 Å². The van der Waals surface area contributed by atoms with E-state index in [1.807, 2.05) is 93.6 Å². The van der Waals surface area contributed by atoms with E-state index in [1.165, 1.54) is 6.92 Å². The Morgan fingerprint density at radius 3 is 1.58 bits per heavy atom. The number of carbonyl (C=O) groups is 2. The van der Waals surface area contributed by atoms with Crippen LogP contribution in [0.2, 0.25) is 0 Å². The van der Waals surface area contributed by atoms with Gasteiger partial charge in [0, 0.05) is 0 Å². The molecule has 0 atom stereocenters. The minimum absolute atomic E-state index is 0.0648. The fourth-order valence-corrected chi connectivity index (χ4v) is 4.66. The summed E-state index contributed by atoms with van der Waals surface area (Å²) in [6.07, 6.45) is 0. The maximum atomic E-state index is 12.9. The molecule has 3 aromatic rings. The second-order valence-corrected chi connectivity index (χ2v) is 8.99. The van der Waals surface area contributed by atoms with Crippen molar-refractivity contribution in [3.8, 4) is 0 Å². The Labute approximate surface area is 185 Å². The predicted molar refractivity (Wildman–Crippen MR) is 125 cm³/mol. The molecule has 4 nitrogen and oxygen atoms in total. The van der Waals surface area contributed by atoms with Gasteiger partial charge in [-0.05, 0) is 68.7 Å².